The summed E-state index contributed by atoms with van der Waals surface area (Å²) in [5.41, 5.74) is 0.474. The van der Waals surface area contributed by atoms with Crippen molar-refractivity contribution in [1.82, 2.24) is 0 Å². The standard InChI is InChI=1S/C19H13F2NO5/c20-19(21)26-13-8-6-11(7-9-13)10-14-16(23)15(18(24)25)17(27-14)22-12-4-2-1-3-5-12/h1-10,19,22H,(H,24,25)/b14-10-. The molecule has 0 atom stereocenters. The van der Waals surface area contributed by atoms with Crippen molar-refractivity contribution in [1.29, 1.82) is 0 Å². The normalized spacial score (nSPS) is 15.2. The summed E-state index contributed by atoms with van der Waals surface area (Å²) in [5, 5.41) is 12.1. The van der Waals surface area contributed by atoms with E-state index >= 15 is 0 Å². The number of para-hydroxylation sites is 1. The Bertz CT molecular complexity index is 921. The maximum Gasteiger partial charge on any atom is 0.387 e. The first kappa shape index (κ1) is 18.1. The molecule has 1 heterocycles. The van der Waals surface area contributed by atoms with Crippen LogP contribution in [0, 0.1) is 0 Å². The van der Waals surface area contributed by atoms with Crippen molar-refractivity contribution >= 4 is 23.5 Å². The van der Waals surface area contributed by atoms with E-state index in [4.69, 9.17) is 4.74 Å². The molecule has 0 aromatic heterocycles. The lowest BCUT2D eigenvalue weighted by molar-refractivity contribution is -0.134. The van der Waals surface area contributed by atoms with Crippen molar-refractivity contribution in [2.75, 3.05) is 5.32 Å². The van der Waals surface area contributed by atoms with Gasteiger partial charge in [0.2, 0.25) is 11.7 Å². The summed E-state index contributed by atoms with van der Waals surface area (Å²) in [6.45, 7) is -2.94. The lowest BCUT2D eigenvalue weighted by Gasteiger charge is -2.08. The number of carboxylic acid groups (broad SMARTS) is 1. The van der Waals surface area contributed by atoms with Crippen LogP contribution in [0.1, 0.15) is 5.56 Å². The van der Waals surface area contributed by atoms with E-state index in [-0.39, 0.29) is 17.4 Å². The minimum atomic E-state index is -2.94. The van der Waals surface area contributed by atoms with Crippen LogP contribution in [0.15, 0.2) is 71.8 Å². The molecule has 0 bridgehead atoms. The molecule has 6 nitrogen and oxygen atoms in total. The molecule has 27 heavy (non-hydrogen) atoms. The molecule has 0 unspecified atom stereocenters. The molecule has 2 aromatic rings. The third kappa shape index (κ3) is 4.30. The summed E-state index contributed by atoms with van der Waals surface area (Å²) < 4.78 is 34.0. The van der Waals surface area contributed by atoms with Crippen molar-refractivity contribution in [2.45, 2.75) is 6.61 Å². The van der Waals surface area contributed by atoms with Crippen molar-refractivity contribution in [3.63, 3.8) is 0 Å². The van der Waals surface area contributed by atoms with E-state index in [0.29, 0.717) is 11.3 Å². The number of hydrogen-bond donors (Lipinski definition) is 2. The van der Waals surface area contributed by atoms with Gasteiger partial charge in [0, 0.05) is 5.69 Å². The molecule has 8 heteroatoms. The predicted molar refractivity (Wildman–Crippen MR) is 91.9 cm³/mol. The Hall–Kier alpha value is -3.68. The average molecular weight is 373 g/mol. The third-order valence-corrected chi connectivity index (χ3v) is 3.54. The quantitative estimate of drug-likeness (QED) is 0.594. The third-order valence-electron chi connectivity index (χ3n) is 3.54. The second-order valence-electron chi connectivity index (χ2n) is 5.39. The highest BCUT2D eigenvalue weighted by Crippen LogP contribution is 2.28. The molecular weight excluding hydrogens is 360 g/mol. The summed E-state index contributed by atoms with van der Waals surface area (Å²) >= 11 is 0. The number of nitrogens with one attached hydrogen (secondary N) is 1. The van der Waals surface area contributed by atoms with Gasteiger partial charge in [-0.25, -0.2) is 4.79 Å². The molecule has 1 aliphatic rings. The first-order valence-electron chi connectivity index (χ1n) is 7.73. The second kappa shape index (κ2) is 7.69. The summed E-state index contributed by atoms with van der Waals surface area (Å²) in [6.07, 6.45) is 1.32. The van der Waals surface area contributed by atoms with Gasteiger partial charge in [0.15, 0.2) is 11.3 Å². The predicted octanol–water partition coefficient (Wildman–Crippen LogP) is 3.64. The van der Waals surface area contributed by atoms with Gasteiger partial charge in [-0.2, -0.15) is 8.78 Å². The molecule has 3 rings (SSSR count). The number of hydrogen-bond acceptors (Lipinski definition) is 5. The number of Topliss-reactive ketones (excluding diaryl/α,β-unsaturated/α-hetero) is 1. The van der Waals surface area contributed by atoms with Crippen LogP contribution in [0.4, 0.5) is 14.5 Å². The maximum absolute atomic E-state index is 12.4. The van der Waals surface area contributed by atoms with Crippen LogP contribution in [0.3, 0.4) is 0 Å². The van der Waals surface area contributed by atoms with Crippen molar-refractivity contribution in [3.05, 3.63) is 77.4 Å². The Kier molecular flexibility index (Phi) is 5.16. The molecule has 1 aliphatic heterocycles. The Balaban J connectivity index is 1.83. The van der Waals surface area contributed by atoms with Crippen LogP contribution >= 0.6 is 0 Å². The molecule has 2 aromatic carbocycles. The fourth-order valence-electron chi connectivity index (χ4n) is 2.36. The molecule has 0 radical (unpaired) electrons. The number of allylic oxidation sites excluding steroid dienone is 1. The lowest BCUT2D eigenvalue weighted by Crippen LogP contribution is -2.12. The molecule has 2 N–H and O–H groups in total. The number of alkyl halides is 2. The molecule has 0 aliphatic carbocycles. The summed E-state index contributed by atoms with van der Waals surface area (Å²) in [6, 6.07) is 14.1. The van der Waals surface area contributed by atoms with Crippen LogP contribution in [0.2, 0.25) is 0 Å². The van der Waals surface area contributed by atoms with Crippen LogP contribution in [-0.2, 0) is 14.3 Å². The lowest BCUT2D eigenvalue weighted by atomic mass is 10.1. The number of halogens is 2. The Morgan fingerprint density at radius 1 is 1.11 bits per heavy atom. The van der Waals surface area contributed by atoms with Crippen LogP contribution < -0.4 is 10.1 Å². The van der Waals surface area contributed by atoms with Crippen LogP contribution in [0.5, 0.6) is 5.75 Å². The number of benzene rings is 2. The van der Waals surface area contributed by atoms with Gasteiger partial charge in [-0.15, -0.1) is 0 Å². The zero-order valence-electron chi connectivity index (χ0n) is 13.7. The van der Waals surface area contributed by atoms with Crippen molar-refractivity contribution in [2.24, 2.45) is 0 Å². The zero-order chi connectivity index (χ0) is 19.4. The molecule has 0 amide bonds. The minimum Gasteiger partial charge on any atom is -0.477 e. The first-order valence-corrected chi connectivity index (χ1v) is 7.73. The maximum atomic E-state index is 12.4. The summed E-state index contributed by atoms with van der Waals surface area (Å²) in [7, 11) is 0. The number of rotatable bonds is 6. The largest absolute Gasteiger partial charge is 0.477 e. The number of carbonyl (C=O) groups is 2. The van der Waals surface area contributed by atoms with E-state index in [1.165, 1.54) is 30.3 Å². The molecule has 0 fully saturated rings. The van der Waals surface area contributed by atoms with Crippen molar-refractivity contribution in [3.8, 4) is 5.75 Å². The van der Waals surface area contributed by atoms with Gasteiger partial charge in [0.1, 0.15) is 5.75 Å². The zero-order valence-corrected chi connectivity index (χ0v) is 13.7. The highest BCUT2D eigenvalue weighted by molar-refractivity contribution is 6.26. The number of anilines is 1. The van der Waals surface area contributed by atoms with Gasteiger partial charge in [-0.1, -0.05) is 30.3 Å². The van der Waals surface area contributed by atoms with E-state index in [1.54, 1.807) is 30.3 Å². The van der Waals surface area contributed by atoms with Gasteiger partial charge >= 0.3 is 12.6 Å². The topological polar surface area (TPSA) is 84.9 Å². The van der Waals surface area contributed by atoms with Crippen molar-refractivity contribution < 1.29 is 33.0 Å². The number of ketones is 1. The van der Waals surface area contributed by atoms with E-state index in [9.17, 15) is 23.5 Å². The van der Waals surface area contributed by atoms with E-state index in [0.717, 1.165) is 0 Å². The second-order valence-corrected chi connectivity index (χ2v) is 5.39. The van der Waals surface area contributed by atoms with E-state index in [2.05, 4.69) is 10.1 Å². The number of ether oxygens (including phenoxy) is 2. The fourth-order valence-corrected chi connectivity index (χ4v) is 2.36. The summed E-state index contributed by atoms with van der Waals surface area (Å²) in [5.74, 6) is -2.66. The van der Waals surface area contributed by atoms with Gasteiger partial charge < -0.3 is 19.9 Å². The number of aliphatic carboxylic acids is 1. The van der Waals surface area contributed by atoms with Gasteiger partial charge in [-0.3, -0.25) is 4.79 Å². The van der Waals surface area contributed by atoms with Crippen LogP contribution in [0.25, 0.3) is 6.08 Å². The SMILES string of the molecule is O=C(O)C1=C(Nc2ccccc2)O/C(=C\c2ccc(OC(F)F)cc2)C1=O. The molecule has 0 spiro atoms. The average Bonchev–Trinajstić information content (AvgIpc) is 2.92. The van der Waals surface area contributed by atoms with E-state index < -0.39 is 23.9 Å². The monoisotopic (exact) mass is 373 g/mol. The first-order chi connectivity index (χ1) is 12.9. The Morgan fingerprint density at radius 2 is 1.78 bits per heavy atom. The smallest absolute Gasteiger partial charge is 0.387 e. The molecule has 138 valence electrons. The number of carboxylic acids is 1. The van der Waals surface area contributed by atoms with Gasteiger partial charge in [0.05, 0.1) is 0 Å². The van der Waals surface area contributed by atoms with Gasteiger partial charge in [-0.05, 0) is 35.9 Å². The highest BCUT2D eigenvalue weighted by Gasteiger charge is 2.35. The molecule has 0 saturated heterocycles. The number of carbonyl (C=O) groups excluding carboxylic acids is 1. The Labute approximate surface area is 152 Å². The molecule has 0 saturated carbocycles. The minimum absolute atomic E-state index is 0.0402. The van der Waals surface area contributed by atoms with E-state index in [1.807, 2.05) is 0 Å². The Morgan fingerprint density at radius 3 is 2.37 bits per heavy atom. The summed E-state index contributed by atoms with van der Waals surface area (Å²) in [4.78, 5) is 23.8. The van der Waals surface area contributed by atoms with Crippen LogP contribution in [-0.4, -0.2) is 23.5 Å². The molecular formula is C19H13F2NO5. The fraction of sp³-hybridized carbons (Fsp3) is 0.0526. The highest BCUT2D eigenvalue weighted by atomic mass is 19.3. The van der Waals surface area contributed by atoms with Gasteiger partial charge in [0.25, 0.3) is 0 Å².